The second-order valence-electron chi connectivity index (χ2n) is 12.4. The number of benzene rings is 5. The standard InChI is InChI=1S/C48H34N4/c1-4-12-39(13-5-1)46-26-24-35(31-49-46)20-22-37-28-38(23-21-36-25-27-47(50-32-36)40-14-6-2-7-15-40)30-42(29-37)44-18-10-11-19-45(44)43-33-51-48(52-34-43)41-16-8-3-9-17-41/h1-34H/b22-20-,23-21?. The summed E-state index contributed by atoms with van der Waals surface area (Å²) in [6, 6.07) is 54.0. The van der Waals surface area contributed by atoms with Crippen molar-refractivity contribution in [3.05, 3.63) is 205 Å². The Labute approximate surface area is 304 Å². The number of pyridine rings is 2. The lowest BCUT2D eigenvalue weighted by Crippen LogP contribution is -1.92. The van der Waals surface area contributed by atoms with Gasteiger partial charge < -0.3 is 0 Å². The zero-order valence-corrected chi connectivity index (χ0v) is 28.4. The molecule has 3 heterocycles. The fourth-order valence-electron chi connectivity index (χ4n) is 6.17. The van der Waals surface area contributed by atoms with E-state index >= 15 is 0 Å². The van der Waals surface area contributed by atoms with Gasteiger partial charge >= 0.3 is 0 Å². The summed E-state index contributed by atoms with van der Waals surface area (Å²) in [7, 11) is 0. The minimum Gasteiger partial charge on any atom is -0.256 e. The lowest BCUT2D eigenvalue weighted by molar-refractivity contribution is 1.18. The van der Waals surface area contributed by atoms with E-state index < -0.39 is 0 Å². The Balaban J connectivity index is 1.13. The molecule has 0 unspecified atom stereocenters. The quantitative estimate of drug-likeness (QED) is 0.154. The summed E-state index contributed by atoms with van der Waals surface area (Å²) in [5.41, 5.74) is 13.6. The third kappa shape index (κ3) is 7.57. The number of hydrogen-bond acceptors (Lipinski definition) is 4. The van der Waals surface area contributed by atoms with E-state index in [-0.39, 0.29) is 0 Å². The number of rotatable bonds is 9. The second-order valence-corrected chi connectivity index (χ2v) is 12.4. The molecule has 0 atom stereocenters. The molecule has 0 bridgehead atoms. The molecule has 8 aromatic rings. The van der Waals surface area contributed by atoms with Crippen LogP contribution < -0.4 is 0 Å². The monoisotopic (exact) mass is 666 g/mol. The lowest BCUT2D eigenvalue weighted by atomic mass is 9.93. The van der Waals surface area contributed by atoms with Gasteiger partial charge in [-0.2, -0.15) is 0 Å². The molecule has 0 saturated heterocycles. The summed E-state index contributed by atoms with van der Waals surface area (Å²) < 4.78 is 0. The molecule has 0 aliphatic carbocycles. The molecule has 0 radical (unpaired) electrons. The van der Waals surface area contributed by atoms with Gasteiger partial charge in [0.25, 0.3) is 0 Å². The summed E-state index contributed by atoms with van der Waals surface area (Å²) >= 11 is 0. The Morgan fingerprint density at radius 3 is 1.17 bits per heavy atom. The van der Waals surface area contributed by atoms with Gasteiger partial charge in [0.1, 0.15) is 0 Å². The third-order valence-electron chi connectivity index (χ3n) is 8.86. The summed E-state index contributed by atoms with van der Waals surface area (Å²) in [5, 5.41) is 0. The van der Waals surface area contributed by atoms with E-state index in [1.807, 2.05) is 91.5 Å². The van der Waals surface area contributed by atoms with Crippen molar-refractivity contribution in [3.8, 4) is 56.2 Å². The van der Waals surface area contributed by atoms with E-state index in [9.17, 15) is 0 Å². The molecule has 0 amide bonds. The maximum atomic E-state index is 4.73. The molecule has 0 fully saturated rings. The predicted octanol–water partition coefficient (Wildman–Crippen LogP) is 11.9. The second kappa shape index (κ2) is 15.2. The van der Waals surface area contributed by atoms with E-state index in [0.29, 0.717) is 5.82 Å². The summed E-state index contributed by atoms with van der Waals surface area (Å²) in [4.78, 5) is 18.9. The molecule has 8 rings (SSSR count). The molecule has 0 N–H and O–H groups in total. The van der Waals surface area contributed by atoms with E-state index in [1.165, 1.54) is 0 Å². The first-order valence-electron chi connectivity index (χ1n) is 17.3. The fraction of sp³-hybridized carbons (Fsp3) is 0. The fourth-order valence-corrected chi connectivity index (χ4v) is 6.17. The smallest absolute Gasteiger partial charge is 0.159 e. The normalized spacial score (nSPS) is 11.3. The highest BCUT2D eigenvalue weighted by atomic mass is 14.9. The molecule has 0 aliphatic rings. The first kappa shape index (κ1) is 32.2. The van der Waals surface area contributed by atoms with Gasteiger partial charge in [0.2, 0.25) is 0 Å². The maximum absolute atomic E-state index is 4.73. The van der Waals surface area contributed by atoms with Gasteiger partial charge in [-0.3, -0.25) is 9.97 Å². The third-order valence-corrected chi connectivity index (χ3v) is 8.86. The van der Waals surface area contributed by atoms with Crippen LogP contribution in [0.4, 0.5) is 0 Å². The Morgan fingerprint density at radius 2 is 0.712 bits per heavy atom. The van der Waals surface area contributed by atoms with Crippen LogP contribution in [0.3, 0.4) is 0 Å². The molecule has 0 spiro atoms. The molecule has 4 heteroatoms. The van der Waals surface area contributed by atoms with Crippen LogP contribution in [0.5, 0.6) is 0 Å². The van der Waals surface area contributed by atoms with Gasteiger partial charge in [-0.05, 0) is 69.3 Å². The lowest BCUT2D eigenvalue weighted by Gasteiger charge is -2.12. The van der Waals surface area contributed by atoms with Crippen molar-refractivity contribution >= 4 is 24.3 Å². The predicted molar refractivity (Wildman–Crippen MR) is 216 cm³/mol. The van der Waals surface area contributed by atoms with E-state index in [0.717, 1.165) is 72.6 Å². The van der Waals surface area contributed by atoms with Crippen LogP contribution in [0, 0.1) is 0 Å². The van der Waals surface area contributed by atoms with Gasteiger partial charge in [-0.15, -0.1) is 0 Å². The molecule has 246 valence electrons. The van der Waals surface area contributed by atoms with Crippen LogP contribution in [0.2, 0.25) is 0 Å². The number of hydrogen-bond donors (Lipinski definition) is 0. The van der Waals surface area contributed by atoms with Crippen molar-refractivity contribution < 1.29 is 0 Å². The first-order valence-corrected chi connectivity index (χ1v) is 17.3. The minimum absolute atomic E-state index is 0.707. The molecule has 4 nitrogen and oxygen atoms in total. The molecule has 3 aromatic heterocycles. The van der Waals surface area contributed by atoms with Gasteiger partial charge in [-0.25, -0.2) is 9.97 Å². The molecular weight excluding hydrogens is 633 g/mol. The largest absolute Gasteiger partial charge is 0.256 e. The minimum atomic E-state index is 0.707. The van der Waals surface area contributed by atoms with E-state index in [4.69, 9.17) is 19.9 Å². The zero-order chi connectivity index (χ0) is 35.0. The van der Waals surface area contributed by atoms with Crippen molar-refractivity contribution in [3.63, 3.8) is 0 Å². The maximum Gasteiger partial charge on any atom is 0.159 e. The van der Waals surface area contributed by atoms with Crippen molar-refractivity contribution in [2.24, 2.45) is 0 Å². The van der Waals surface area contributed by atoms with Crippen LogP contribution >= 0.6 is 0 Å². The molecule has 5 aromatic carbocycles. The molecule has 0 saturated carbocycles. The average molecular weight is 667 g/mol. The number of nitrogens with zero attached hydrogens (tertiary/aromatic N) is 4. The van der Waals surface area contributed by atoms with Crippen LogP contribution in [0.1, 0.15) is 22.3 Å². The first-order chi connectivity index (χ1) is 25.7. The van der Waals surface area contributed by atoms with Crippen molar-refractivity contribution in [2.75, 3.05) is 0 Å². The van der Waals surface area contributed by atoms with Gasteiger partial charge in [0.05, 0.1) is 11.4 Å². The van der Waals surface area contributed by atoms with Crippen molar-refractivity contribution in [1.29, 1.82) is 0 Å². The highest BCUT2D eigenvalue weighted by Gasteiger charge is 2.11. The van der Waals surface area contributed by atoms with Crippen LogP contribution in [0.25, 0.3) is 80.5 Å². The Hall–Kier alpha value is -7.04. The molecule has 0 aliphatic heterocycles. The van der Waals surface area contributed by atoms with E-state index in [2.05, 4.69) is 115 Å². The van der Waals surface area contributed by atoms with Crippen LogP contribution in [-0.4, -0.2) is 19.9 Å². The summed E-state index contributed by atoms with van der Waals surface area (Å²) in [5.74, 6) is 0.707. The Morgan fingerprint density at radius 1 is 0.288 bits per heavy atom. The van der Waals surface area contributed by atoms with Gasteiger partial charge in [0.15, 0.2) is 5.82 Å². The number of aromatic nitrogens is 4. The van der Waals surface area contributed by atoms with Gasteiger partial charge in [-0.1, -0.05) is 152 Å². The van der Waals surface area contributed by atoms with Crippen LogP contribution in [-0.2, 0) is 0 Å². The molecule has 52 heavy (non-hydrogen) atoms. The summed E-state index contributed by atoms with van der Waals surface area (Å²) in [6.45, 7) is 0. The zero-order valence-electron chi connectivity index (χ0n) is 28.4. The van der Waals surface area contributed by atoms with Crippen LogP contribution in [0.15, 0.2) is 183 Å². The van der Waals surface area contributed by atoms with Crippen molar-refractivity contribution in [2.45, 2.75) is 0 Å². The Bertz CT molecular complexity index is 2340. The Kier molecular flexibility index (Phi) is 9.43. The SMILES string of the molecule is C(=Cc1cc(/C=C\c2ccc(-c3ccccc3)nc2)cc(-c2ccccc2-c2cnc(-c3ccccc3)nc2)c1)c1ccc(-c2ccccc2)nc1. The highest BCUT2D eigenvalue weighted by Crippen LogP contribution is 2.34. The topological polar surface area (TPSA) is 51.6 Å². The van der Waals surface area contributed by atoms with E-state index in [1.54, 1.807) is 0 Å². The van der Waals surface area contributed by atoms with Crippen molar-refractivity contribution in [1.82, 2.24) is 19.9 Å². The molecular formula is C48H34N4. The summed E-state index contributed by atoms with van der Waals surface area (Å²) in [6.07, 6.45) is 16.2. The van der Waals surface area contributed by atoms with Gasteiger partial charge in [0, 0.05) is 47.0 Å². The highest BCUT2D eigenvalue weighted by molar-refractivity contribution is 5.86. The average Bonchev–Trinajstić information content (AvgIpc) is 3.23.